The normalized spacial score (nSPS) is 24.4. The van der Waals surface area contributed by atoms with Gasteiger partial charge in [-0.25, -0.2) is 4.79 Å². The summed E-state index contributed by atoms with van der Waals surface area (Å²) in [5.41, 5.74) is -0.544. The Morgan fingerprint density at radius 1 is 1.20 bits per heavy atom. The molecule has 0 aromatic heterocycles. The molecule has 0 saturated carbocycles. The number of nitrogens with zero attached hydrogens (tertiary/aromatic N) is 1. The van der Waals surface area contributed by atoms with Crippen LogP contribution in [0.3, 0.4) is 0 Å². The van der Waals surface area contributed by atoms with Gasteiger partial charge in [0.1, 0.15) is 11.6 Å². The fourth-order valence-electron chi connectivity index (χ4n) is 2.78. The maximum atomic E-state index is 12.5. The third kappa shape index (κ3) is 3.62. The van der Waals surface area contributed by atoms with Gasteiger partial charge in [0.2, 0.25) is 5.91 Å². The monoisotopic (exact) mass is 283 g/mol. The summed E-state index contributed by atoms with van der Waals surface area (Å²) in [6.07, 6.45) is 2.03. The summed E-state index contributed by atoms with van der Waals surface area (Å²) in [6.45, 7) is 7.92. The molecule has 0 aliphatic carbocycles. The quantitative estimate of drug-likeness (QED) is 0.788. The molecule has 0 aromatic rings. The number of carbonyl (C=O) groups excluding carboxylic acids is 2. The molecule has 6 heteroatoms. The van der Waals surface area contributed by atoms with Crippen LogP contribution in [0.5, 0.6) is 0 Å². The predicted molar refractivity (Wildman–Crippen MR) is 75.4 cm³/mol. The van der Waals surface area contributed by atoms with E-state index in [4.69, 9.17) is 4.74 Å². The molecule has 2 N–H and O–H groups in total. The van der Waals surface area contributed by atoms with Crippen LogP contribution >= 0.6 is 0 Å². The molecule has 2 amide bonds. The average molecular weight is 283 g/mol. The third-order valence-electron chi connectivity index (χ3n) is 3.66. The van der Waals surface area contributed by atoms with E-state index in [0.717, 1.165) is 25.9 Å². The molecule has 1 atom stereocenters. The molecule has 2 aliphatic heterocycles. The van der Waals surface area contributed by atoms with E-state index in [1.807, 2.05) is 20.8 Å². The van der Waals surface area contributed by atoms with Crippen molar-refractivity contribution in [3.05, 3.63) is 0 Å². The molecule has 0 bridgehead atoms. The van der Waals surface area contributed by atoms with Crippen molar-refractivity contribution in [2.45, 2.75) is 57.7 Å². The van der Waals surface area contributed by atoms with Crippen LogP contribution in [-0.2, 0) is 9.53 Å². The summed E-state index contributed by atoms with van der Waals surface area (Å²) >= 11 is 0. The SMILES string of the molecule is CC(C)(C)OC(=O)N(C1CCNCC1)[C@H]1CCNC1=O. The van der Waals surface area contributed by atoms with Crippen LogP contribution in [0.4, 0.5) is 4.79 Å². The first kappa shape index (κ1) is 15.1. The first-order valence-electron chi connectivity index (χ1n) is 7.38. The van der Waals surface area contributed by atoms with Crippen molar-refractivity contribution < 1.29 is 14.3 Å². The zero-order valence-corrected chi connectivity index (χ0v) is 12.6. The lowest BCUT2D eigenvalue weighted by molar-refractivity contribution is -0.124. The number of rotatable bonds is 2. The molecule has 2 heterocycles. The molecule has 2 saturated heterocycles. The van der Waals surface area contributed by atoms with Crippen LogP contribution in [0, 0.1) is 0 Å². The molecule has 0 radical (unpaired) electrons. The topological polar surface area (TPSA) is 70.7 Å². The molecular formula is C14H25N3O3. The number of carbonyl (C=O) groups is 2. The van der Waals surface area contributed by atoms with E-state index < -0.39 is 5.60 Å². The lowest BCUT2D eigenvalue weighted by Gasteiger charge is -2.38. The minimum absolute atomic E-state index is 0.0607. The molecule has 114 valence electrons. The lowest BCUT2D eigenvalue weighted by atomic mass is 10.0. The van der Waals surface area contributed by atoms with E-state index in [-0.39, 0.29) is 24.1 Å². The van der Waals surface area contributed by atoms with Crippen LogP contribution in [0.25, 0.3) is 0 Å². The zero-order valence-electron chi connectivity index (χ0n) is 12.6. The average Bonchev–Trinajstić information content (AvgIpc) is 2.75. The van der Waals surface area contributed by atoms with Gasteiger partial charge in [-0.05, 0) is 53.1 Å². The van der Waals surface area contributed by atoms with Gasteiger partial charge >= 0.3 is 6.09 Å². The Morgan fingerprint density at radius 2 is 1.85 bits per heavy atom. The van der Waals surface area contributed by atoms with E-state index in [9.17, 15) is 9.59 Å². The van der Waals surface area contributed by atoms with Crippen molar-refractivity contribution in [2.24, 2.45) is 0 Å². The largest absolute Gasteiger partial charge is 0.444 e. The van der Waals surface area contributed by atoms with E-state index in [1.165, 1.54) is 0 Å². The molecule has 0 spiro atoms. The Kier molecular flexibility index (Phi) is 4.52. The molecule has 6 nitrogen and oxygen atoms in total. The highest BCUT2D eigenvalue weighted by atomic mass is 16.6. The van der Waals surface area contributed by atoms with Gasteiger partial charge in [-0.3, -0.25) is 9.69 Å². The van der Waals surface area contributed by atoms with Gasteiger partial charge in [-0.15, -0.1) is 0 Å². The maximum absolute atomic E-state index is 12.5. The van der Waals surface area contributed by atoms with E-state index >= 15 is 0 Å². The van der Waals surface area contributed by atoms with Crippen LogP contribution in [0.15, 0.2) is 0 Å². The van der Waals surface area contributed by atoms with E-state index in [1.54, 1.807) is 4.90 Å². The highest BCUT2D eigenvalue weighted by Gasteiger charge is 2.40. The summed E-state index contributed by atoms with van der Waals surface area (Å²) in [4.78, 5) is 26.1. The molecule has 2 aliphatic rings. The highest BCUT2D eigenvalue weighted by molar-refractivity contribution is 5.87. The van der Waals surface area contributed by atoms with Gasteiger partial charge in [0.05, 0.1) is 0 Å². The molecular weight excluding hydrogens is 258 g/mol. The summed E-state index contributed by atoms with van der Waals surface area (Å²) < 4.78 is 5.50. The molecule has 0 unspecified atom stereocenters. The number of piperidine rings is 1. The van der Waals surface area contributed by atoms with Gasteiger partial charge < -0.3 is 15.4 Å². The van der Waals surface area contributed by atoms with Crippen LogP contribution in [0.2, 0.25) is 0 Å². The van der Waals surface area contributed by atoms with Crippen molar-refractivity contribution in [1.82, 2.24) is 15.5 Å². The van der Waals surface area contributed by atoms with Gasteiger partial charge in [0.15, 0.2) is 0 Å². The minimum Gasteiger partial charge on any atom is -0.444 e. The second kappa shape index (κ2) is 5.99. The first-order chi connectivity index (χ1) is 9.38. The Morgan fingerprint density at radius 3 is 2.35 bits per heavy atom. The number of ether oxygens (including phenoxy) is 1. The zero-order chi connectivity index (χ0) is 14.8. The Balaban J connectivity index is 2.14. The maximum Gasteiger partial charge on any atom is 0.411 e. The Labute approximate surface area is 120 Å². The van der Waals surface area contributed by atoms with Crippen LogP contribution in [-0.4, -0.2) is 54.2 Å². The van der Waals surface area contributed by atoms with E-state index in [0.29, 0.717) is 13.0 Å². The minimum atomic E-state index is -0.544. The molecule has 2 fully saturated rings. The number of hydrogen-bond acceptors (Lipinski definition) is 4. The number of amides is 2. The van der Waals surface area contributed by atoms with E-state index in [2.05, 4.69) is 10.6 Å². The summed E-state index contributed by atoms with van der Waals surface area (Å²) in [7, 11) is 0. The second-order valence-electron chi connectivity index (χ2n) is 6.46. The smallest absolute Gasteiger partial charge is 0.411 e. The highest BCUT2D eigenvalue weighted by Crippen LogP contribution is 2.22. The van der Waals surface area contributed by atoms with Crippen molar-refractivity contribution in [1.29, 1.82) is 0 Å². The van der Waals surface area contributed by atoms with Crippen molar-refractivity contribution >= 4 is 12.0 Å². The van der Waals surface area contributed by atoms with Crippen LogP contribution in [0.1, 0.15) is 40.0 Å². The molecule has 20 heavy (non-hydrogen) atoms. The van der Waals surface area contributed by atoms with Crippen LogP contribution < -0.4 is 10.6 Å². The second-order valence-corrected chi connectivity index (χ2v) is 6.46. The third-order valence-corrected chi connectivity index (χ3v) is 3.66. The van der Waals surface area contributed by atoms with Gasteiger partial charge in [0, 0.05) is 12.6 Å². The summed E-state index contributed by atoms with van der Waals surface area (Å²) in [6, 6.07) is -0.298. The number of nitrogens with one attached hydrogen (secondary N) is 2. The van der Waals surface area contributed by atoms with Gasteiger partial charge in [-0.1, -0.05) is 0 Å². The first-order valence-corrected chi connectivity index (χ1v) is 7.38. The standard InChI is InChI=1S/C14H25N3O3/c1-14(2,3)20-13(19)17(10-4-7-15-8-5-10)11-6-9-16-12(11)18/h10-11,15H,4-9H2,1-3H3,(H,16,18)/t11-/m0/s1. The Hall–Kier alpha value is -1.30. The lowest BCUT2D eigenvalue weighted by Crippen LogP contribution is -2.54. The van der Waals surface area contributed by atoms with Crippen molar-refractivity contribution in [3.8, 4) is 0 Å². The fourth-order valence-corrected chi connectivity index (χ4v) is 2.78. The molecule has 2 rings (SSSR count). The van der Waals surface area contributed by atoms with Crippen molar-refractivity contribution in [3.63, 3.8) is 0 Å². The predicted octanol–water partition coefficient (Wildman–Crippen LogP) is 0.864. The van der Waals surface area contributed by atoms with Gasteiger partial charge in [-0.2, -0.15) is 0 Å². The van der Waals surface area contributed by atoms with Crippen molar-refractivity contribution in [2.75, 3.05) is 19.6 Å². The number of hydrogen-bond donors (Lipinski definition) is 2. The molecule has 0 aromatic carbocycles. The Bertz CT molecular complexity index is 372. The van der Waals surface area contributed by atoms with Gasteiger partial charge in [0.25, 0.3) is 0 Å². The fraction of sp³-hybridized carbons (Fsp3) is 0.857. The summed E-state index contributed by atoms with van der Waals surface area (Å²) in [5.74, 6) is -0.0607. The summed E-state index contributed by atoms with van der Waals surface area (Å²) in [5, 5.41) is 6.08.